The number of H-pyrrole nitrogens is 2. The molecule has 0 bridgehead atoms. The molecule has 4 aromatic rings. The standard InChI is InChI=1S/C35H41N5O2/c1-35(2,3)42-34(41)40-19-7-12-30(40)33-37-28-11-6-10-26-20-25(17-18-27(26)31(28)39-33)22-13-15-23(16-14-22)29-21-36-32(38-29)24-8-4-5-9-24/h13-18,20-21,24,30H,4-12,19H2,1-3H3,(H,36,38)(H,37,39)/t30-/m0/s1. The predicted octanol–water partition coefficient (Wildman–Crippen LogP) is 8.35. The second kappa shape index (κ2) is 10.8. The van der Waals surface area contributed by atoms with E-state index in [-0.39, 0.29) is 12.1 Å². The number of ether oxygens (including phenoxy) is 1. The van der Waals surface area contributed by atoms with E-state index in [1.165, 1.54) is 59.2 Å². The van der Waals surface area contributed by atoms with Gasteiger partial charge in [0.2, 0.25) is 0 Å². The maximum Gasteiger partial charge on any atom is 0.410 e. The van der Waals surface area contributed by atoms with Crippen molar-refractivity contribution < 1.29 is 9.53 Å². The van der Waals surface area contributed by atoms with Crippen LogP contribution in [0, 0.1) is 0 Å². The van der Waals surface area contributed by atoms with Gasteiger partial charge in [0.1, 0.15) is 17.2 Å². The van der Waals surface area contributed by atoms with E-state index in [1.807, 2.05) is 31.9 Å². The number of benzene rings is 2. The molecule has 1 saturated carbocycles. The summed E-state index contributed by atoms with van der Waals surface area (Å²) in [6, 6.07) is 15.5. The van der Waals surface area contributed by atoms with Crippen LogP contribution in [0.2, 0.25) is 0 Å². The third-order valence-corrected chi connectivity index (χ3v) is 9.09. The van der Waals surface area contributed by atoms with Crippen molar-refractivity contribution in [2.24, 2.45) is 0 Å². The fraction of sp³-hybridized carbons (Fsp3) is 0.457. The zero-order valence-corrected chi connectivity index (χ0v) is 25.0. The van der Waals surface area contributed by atoms with Gasteiger partial charge >= 0.3 is 6.09 Å². The lowest BCUT2D eigenvalue weighted by atomic mass is 9.95. The Morgan fingerprint density at radius 2 is 1.64 bits per heavy atom. The van der Waals surface area contributed by atoms with Crippen LogP contribution in [-0.4, -0.2) is 43.1 Å². The average Bonchev–Trinajstić information content (AvgIpc) is 3.78. The Kier molecular flexibility index (Phi) is 6.91. The summed E-state index contributed by atoms with van der Waals surface area (Å²) >= 11 is 0. The summed E-state index contributed by atoms with van der Waals surface area (Å²) in [5, 5.41) is 0. The molecule has 3 heterocycles. The monoisotopic (exact) mass is 563 g/mol. The number of hydrogen-bond acceptors (Lipinski definition) is 4. The van der Waals surface area contributed by atoms with Crippen LogP contribution in [0.3, 0.4) is 0 Å². The van der Waals surface area contributed by atoms with Crippen LogP contribution in [0.5, 0.6) is 0 Å². The molecule has 2 aliphatic carbocycles. The number of carbonyl (C=O) groups is 1. The third-order valence-electron chi connectivity index (χ3n) is 9.09. The second-order valence-corrected chi connectivity index (χ2v) is 13.2. The van der Waals surface area contributed by atoms with Crippen molar-refractivity contribution >= 4 is 6.09 Å². The van der Waals surface area contributed by atoms with E-state index < -0.39 is 5.60 Å². The quantitative estimate of drug-likeness (QED) is 0.261. The van der Waals surface area contributed by atoms with Gasteiger partial charge in [-0.1, -0.05) is 55.3 Å². The fourth-order valence-electron chi connectivity index (χ4n) is 6.98. The highest BCUT2D eigenvalue weighted by molar-refractivity contribution is 5.75. The molecule has 42 heavy (non-hydrogen) atoms. The third kappa shape index (κ3) is 5.25. The van der Waals surface area contributed by atoms with Gasteiger partial charge in [-0.15, -0.1) is 0 Å². The normalized spacial score (nSPS) is 19.0. The van der Waals surface area contributed by atoms with E-state index in [4.69, 9.17) is 14.7 Å². The minimum Gasteiger partial charge on any atom is -0.444 e. The van der Waals surface area contributed by atoms with Crippen LogP contribution in [0.1, 0.15) is 101 Å². The van der Waals surface area contributed by atoms with Gasteiger partial charge in [-0.2, -0.15) is 0 Å². The highest BCUT2D eigenvalue weighted by atomic mass is 16.6. The number of hydrogen-bond donors (Lipinski definition) is 2. The molecule has 7 heteroatoms. The van der Waals surface area contributed by atoms with Crippen LogP contribution in [0.25, 0.3) is 33.6 Å². The number of nitrogens with one attached hydrogen (secondary N) is 2. The van der Waals surface area contributed by atoms with Gasteiger partial charge in [-0.25, -0.2) is 14.8 Å². The molecule has 1 aliphatic heterocycles. The van der Waals surface area contributed by atoms with Gasteiger partial charge < -0.3 is 14.7 Å². The molecule has 7 nitrogen and oxygen atoms in total. The Balaban J connectivity index is 1.12. The van der Waals surface area contributed by atoms with E-state index in [9.17, 15) is 4.79 Å². The molecule has 0 radical (unpaired) electrons. The molecule has 3 aliphatic rings. The van der Waals surface area contributed by atoms with Crippen LogP contribution < -0.4 is 0 Å². The second-order valence-electron chi connectivity index (χ2n) is 13.2. The SMILES string of the molecule is CC(C)(C)OC(=O)N1CCC[C@H]1c1nc2c([nH]1)CCCc1cc(-c3ccc(-c4cnc(C5CCCC5)[nH]4)cc3)ccc1-2. The first kappa shape index (κ1) is 27.0. The smallest absolute Gasteiger partial charge is 0.410 e. The maximum atomic E-state index is 12.9. The molecular weight excluding hydrogens is 522 g/mol. The predicted molar refractivity (Wildman–Crippen MR) is 165 cm³/mol. The summed E-state index contributed by atoms with van der Waals surface area (Å²) in [6.45, 7) is 6.44. The van der Waals surface area contributed by atoms with Gasteiger partial charge in [-0.3, -0.25) is 4.90 Å². The van der Waals surface area contributed by atoms with E-state index in [1.54, 1.807) is 0 Å². The van der Waals surface area contributed by atoms with E-state index in [0.717, 1.165) is 55.1 Å². The Morgan fingerprint density at radius 1 is 0.881 bits per heavy atom. The number of nitrogens with zero attached hydrogens (tertiary/aromatic N) is 3. The molecule has 2 aromatic heterocycles. The molecule has 0 spiro atoms. The lowest BCUT2D eigenvalue weighted by molar-refractivity contribution is 0.0218. The number of aromatic amines is 2. The molecule has 2 N–H and O–H groups in total. The Bertz CT molecular complexity index is 1590. The molecule has 1 saturated heterocycles. The van der Waals surface area contributed by atoms with Gasteiger partial charge in [0.05, 0.1) is 23.6 Å². The Morgan fingerprint density at radius 3 is 2.43 bits per heavy atom. The van der Waals surface area contributed by atoms with Crippen molar-refractivity contribution in [2.45, 2.75) is 96.1 Å². The molecule has 218 valence electrons. The van der Waals surface area contributed by atoms with Crippen LogP contribution in [-0.2, 0) is 17.6 Å². The Labute approximate surface area is 248 Å². The number of imidazole rings is 2. The first-order chi connectivity index (χ1) is 20.3. The topological polar surface area (TPSA) is 86.9 Å². The number of fused-ring (bicyclic) bond motifs is 3. The summed E-state index contributed by atoms with van der Waals surface area (Å²) in [4.78, 5) is 31.8. The van der Waals surface area contributed by atoms with Gasteiger partial charge in [0.15, 0.2) is 0 Å². The van der Waals surface area contributed by atoms with Crippen molar-refractivity contribution in [3.63, 3.8) is 0 Å². The van der Waals surface area contributed by atoms with Crippen LogP contribution in [0.15, 0.2) is 48.7 Å². The first-order valence-electron chi connectivity index (χ1n) is 15.7. The van der Waals surface area contributed by atoms with Crippen LogP contribution in [0.4, 0.5) is 4.79 Å². The maximum absolute atomic E-state index is 12.9. The van der Waals surface area contributed by atoms with E-state index >= 15 is 0 Å². The number of amides is 1. The lowest BCUT2D eigenvalue weighted by Crippen LogP contribution is -2.36. The minimum atomic E-state index is -0.515. The largest absolute Gasteiger partial charge is 0.444 e. The highest BCUT2D eigenvalue weighted by Gasteiger charge is 2.36. The summed E-state index contributed by atoms with van der Waals surface area (Å²) in [7, 11) is 0. The Hall–Kier alpha value is -3.87. The molecule has 2 fully saturated rings. The first-order valence-corrected chi connectivity index (χ1v) is 15.7. The van der Waals surface area contributed by atoms with Crippen LogP contribution >= 0.6 is 0 Å². The zero-order valence-electron chi connectivity index (χ0n) is 25.0. The van der Waals surface area contributed by atoms with Gasteiger partial charge in [0.25, 0.3) is 0 Å². The number of aromatic nitrogens is 4. The molecule has 1 amide bonds. The van der Waals surface area contributed by atoms with E-state index in [2.05, 4.69) is 52.4 Å². The van der Waals surface area contributed by atoms with Crippen molar-refractivity contribution in [2.75, 3.05) is 6.54 Å². The minimum absolute atomic E-state index is 0.0721. The average molecular weight is 564 g/mol. The zero-order chi connectivity index (χ0) is 28.8. The number of rotatable bonds is 4. The summed E-state index contributed by atoms with van der Waals surface area (Å²) in [6.07, 6.45) is 11.7. The number of carbonyl (C=O) groups excluding carboxylic acids is 1. The van der Waals surface area contributed by atoms with E-state index in [0.29, 0.717) is 12.5 Å². The fourth-order valence-corrected chi connectivity index (χ4v) is 6.98. The summed E-state index contributed by atoms with van der Waals surface area (Å²) in [5.74, 6) is 2.61. The summed E-state index contributed by atoms with van der Waals surface area (Å²) in [5.41, 5.74) is 8.93. The summed E-state index contributed by atoms with van der Waals surface area (Å²) < 4.78 is 5.70. The molecule has 1 atom stereocenters. The lowest BCUT2D eigenvalue weighted by Gasteiger charge is -2.27. The van der Waals surface area contributed by atoms with Gasteiger partial charge in [0, 0.05) is 23.7 Å². The van der Waals surface area contributed by atoms with Crippen molar-refractivity contribution in [1.82, 2.24) is 24.8 Å². The van der Waals surface area contributed by atoms with Crippen molar-refractivity contribution in [3.8, 4) is 33.6 Å². The molecule has 0 unspecified atom stereocenters. The molecule has 7 rings (SSSR count). The number of likely N-dealkylation sites (tertiary alicyclic amines) is 1. The van der Waals surface area contributed by atoms with Gasteiger partial charge in [-0.05, 0) is 88.0 Å². The highest BCUT2D eigenvalue weighted by Crippen LogP contribution is 2.38. The van der Waals surface area contributed by atoms with Crippen molar-refractivity contribution in [3.05, 3.63) is 71.6 Å². The molecule has 2 aromatic carbocycles. The molecular formula is C35H41N5O2. The number of aryl methyl sites for hydroxylation is 2. The van der Waals surface area contributed by atoms with Crippen molar-refractivity contribution in [1.29, 1.82) is 0 Å².